The third-order valence-electron chi connectivity index (χ3n) is 8.92. The molecule has 6 rings (SSSR count). The van der Waals surface area contributed by atoms with Crippen molar-refractivity contribution in [1.82, 2.24) is 20.5 Å². The normalized spacial score (nSPS) is 21.4. The van der Waals surface area contributed by atoms with Gasteiger partial charge in [0.15, 0.2) is 0 Å². The van der Waals surface area contributed by atoms with Gasteiger partial charge >= 0.3 is 0 Å². The van der Waals surface area contributed by atoms with Crippen molar-refractivity contribution in [2.24, 2.45) is 0 Å². The molecule has 7 heteroatoms. The molecular weight excluding hydrogens is 536 g/mol. The highest BCUT2D eigenvalue weighted by atomic mass is 16.3. The number of aromatic nitrogens is 1. The Hall–Kier alpha value is -4.20. The number of rotatable bonds is 9. The van der Waals surface area contributed by atoms with E-state index in [0.29, 0.717) is 24.1 Å². The second-order valence-electron chi connectivity index (χ2n) is 11.9. The molecule has 2 aliphatic heterocycles. The van der Waals surface area contributed by atoms with Gasteiger partial charge in [-0.05, 0) is 80.5 Å². The lowest BCUT2D eigenvalue weighted by Crippen LogP contribution is -2.52. The Morgan fingerprint density at radius 2 is 1.65 bits per heavy atom. The molecule has 2 saturated heterocycles. The van der Waals surface area contributed by atoms with Crippen LogP contribution in [0.2, 0.25) is 0 Å². The molecule has 2 fully saturated rings. The summed E-state index contributed by atoms with van der Waals surface area (Å²) in [6.45, 7) is 2.70. The molecule has 222 valence electrons. The third kappa shape index (κ3) is 6.58. The average molecular weight is 577 g/mol. The van der Waals surface area contributed by atoms with Gasteiger partial charge < -0.3 is 25.6 Å². The summed E-state index contributed by atoms with van der Waals surface area (Å²) in [5, 5.41) is 18.3. The standard InChI is InChI=1S/C36H40N4O3/c1-24-17-18-30(37-24)33-16-9-21-40(33)36(43)28-15-8-14-27(23-28)35(42)39-32(22-25-10-4-2-5-11-25)34(41)31-20-19-29(38-31)26-12-6-3-7-13-26/h2-8,10-15,17-18,23,29,31-34,37-38,41H,9,16,19-22H2,1H3,(H,39,42). The van der Waals surface area contributed by atoms with Gasteiger partial charge in [0.1, 0.15) is 0 Å². The van der Waals surface area contributed by atoms with Gasteiger partial charge in [-0.3, -0.25) is 9.59 Å². The minimum Gasteiger partial charge on any atom is -0.389 e. The zero-order valence-electron chi connectivity index (χ0n) is 24.6. The number of aliphatic hydroxyl groups excluding tert-OH is 1. The number of benzene rings is 3. The maximum absolute atomic E-state index is 13.7. The van der Waals surface area contributed by atoms with Crippen LogP contribution in [0.3, 0.4) is 0 Å². The number of hydrogen-bond donors (Lipinski definition) is 4. The number of carbonyl (C=O) groups is 2. The molecule has 4 aromatic rings. The highest BCUT2D eigenvalue weighted by Gasteiger charge is 2.36. The SMILES string of the molecule is Cc1ccc(C2CCCN2C(=O)c2cccc(C(=O)NC(Cc3ccccc3)C(O)C3CCC(c4ccccc4)N3)c2)[nH]1. The van der Waals surface area contributed by atoms with Crippen LogP contribution < -0.4 is 10.6 Å². The van der Waals surface area contributed by atoms with E-state index < -0.39 is 12.1 Å². The maximum Gasteiger partial charge on any atom is 0.254 e. The van der Waals surface area contributed by atoms with Crippen LogP contribution in [0.1, 0.15) is 81.0 Å². The Morgan fingerprint density at radius 3 is 2.40 bits per heavy atom. The first kappa shape index (κ1) is 28.9. The fraction of sp³-hybridized carbons (Fsp3) is 0.333. The second-order valence-corrected chi connectivity index (χ2v) is 11.9. The molecule has 3 aromatic carbocycles. The number of aromatic amines is 1. The Labute approximate surface area is 253 Å². The van der Waals surface area contributed by atoms with Crippen molar-refractivity contribution in [3.8, 4) is 0 Å². The van der Waals surface area contributed by atoms with Gasteiger partial charge in [-0.25, -0.2) is 0 Å². The lowest BCUT2D eigenvalue weighted by atomic mass is 9.95. The van der Waals surface area contributed by atoms with E-state index in [0.717, 1.165) is 42.6 Å². The molecule has 0 spiro atoms. The number of aliphatic hydroxyl groups is 1. The molecule has 2 amide bonds. The van der Waals surface area contributed by atoms with E-state index in [1.54, 1.807) is 24.3 Å². The molecule has 4 N–H and O–H groups in total. The van der Waals surface area contributed by atoms with Crippen molar-refractivity contribution in [2.75, 3.05) is 6.54 Å². The minimum absolute atomic E-state index is 0.00251. The monoisotopic (exact) mass is 576 g/mol. The summed E-state index contributed by atoms with van der Waals surface area (Å²) < 4.78 is 0. The summed E-state index contributed by atoms with van der Waals surface area (Å²) in [6.07, 6.45) is 3.27. The van der Waals surface area contributed by atoms with Crippen LogP contribution in [-0.4, -0.2) is 51.5 Å². The van der Waals surface area contributed by atoms with E-state index in [2.05, 4.69) is 33.8 Å². The highest BCUT2D eigenvalue weighted by Crippen LogP contribution is 2.33. The van der Waals surface area contributed by atoms with E-state index in [1.165, 1.54) is 5.56 Å². The van der Waals surface area contributed by atoms with E-state index in [9.17, 15) is 14.7 Å². The van der Waals surface area contributed by atoms with Gasteiger partial charge in [0.05, 0.1) is 18.2 Å². The molecule has 0 bridgehead atoms. The molecular formula is C36H40N4O3. The predicted molar refractivity (Wildman–Crippen MR) is 168 cm³/mol. The predicted octanol–water partition coefficient (Wildman–Crippen LogP) is 5.50. The Kier molecular flexibility index (Phi) is 8.72. The zero-order valence-corrected chi connectivity index (χ0v) is 24.6. The lowest BCUT2D eigenvalue weighted by Gasteiger charge is -2.29. The summed E-state index contributed by atoms with van der Waals surface area (Å²) in [5.74, 6) is -0.377. The molecule has 0 saturated carbocycles. The van der Waals surface area contributed by atoms with Crippen molar-refractivity contribution >= 4 is 11.8 Å². The van der Waals surface area contributed by atoms with Crippen LogP contribution in [0, 0.1) is 6.92 Å². The van der Waals surface area contributed by atoms with Crippen molar-refractivity contribution in [3.63, 3.8) is 0 Å². The van der Waals surface area contributed by atoms with Crippen molar-refractivity contribution < 1.29 is 14.7 Å². The van der Waals surface area contributed by atoms with Gasteiger partial charge in [-0.2, -0.15) is 0 Å². The van der Waals surface area contributed by atoms with Crippen LogP contribution in [0.25, 0.3) is 0 Å². The van der Waals surface area contributed by atoms with Crippen LogP contribution in [-0.2, 0) is 6.42 Å². The molecule has 5 unspecified atom stereocenters. The van der Waals surface area contributed by atoms with Crippen LogP contribution in [0.15, 0.2) is 97.1 Å². The number of aryl methyl sites for hydroxylation is 1. The van der Waals surface area contributed by atoms with Crippen LogP contribution in [0.4, 0.5) is 0 Å². The first-order chi connectivity index (χ1) is 21.0. The van der Waals surface area contributed by atoms with Gasteiger partial charge in [-0.1, -0.05) is 66.7 Å². The molecule has 7 nitrogen and oxygen atoms in total. The van der Waals surface area contributed by atoms with Gasteiger partial charge in [0, 0.05) is 41.1 Å². The Bertz CT molecular complexity index is 1540. The zero-order chi connectivity index (χ0) is 29.8. The number of nitrogens with zero attached hydrogens (tertiary/aromatic N) is 1. The summed E-state index contributed by atoms with van der Waals surface area (Å²) in [6, 6.07) is 30.7. The minimum atomic E-state index is -0.794. The van der Waals surface area contributed by atoms with Crippen LogP contribution >= 0.6 is 0 Å². The number of hydrogen-bond acceptors (Lipinski definition) is 4. The summed E-state index contributed by atoms with van der Waals surface area (Å²) in [5.41, 5.74) is 5.26. The van der Waals surface area contributed by atoms with Gasteiger partial charge in [0.25, 0.3) is 11.8 Å². The Morgan fingerprint density at radius 1 is 0.907 bits per heavy atom. The van der Waals surface area contributed by atoms with Crippen molar-refractivity contribution in [2.45, 2.75) is 69.3 Å². The number of carbonyl (C=O) groups excluding carboxylic acids is 2. The summed E-state index contributed by atoms with van der Waals surface area (Å²) in [4.78, 5) is 32.6. The maximum atomic E-state index is 13.7. The molecule has 43 heavy (non-hydrogen) atoms. The van der Waals surface area contributed by atoms with E-state index >= 15 is 0 Å². The summed E-state index contributed by atoms with van der Waals surface area (Å²) in [7, 11) is 0. The average Bonchev–Trinajstić information content (AvgIpc) is 3.82. The van der Waals surface area contributed by atoms with Gasteiger partial charge in [-0.15, -0.1) is 0 Å². The number of amides is 2. The fourth-order valence-corrected chi connectivity index (χ4v) is 6.66. The number of likely N-dealkylation sites (tertiary alicyclic amines) is 1. The number of nitrogens with one attached hydrogen (secondary N) is 3. The van der Waals surface area contributed by atoms with Crippen molar-refractivity contribution in [1.29, 1.82) is 0 Å². The van der Waals surface area contributed by atoms with E-state index in [1.807, 2.05) is 66.4 Å². The quantitative estimate of drug-likeness (QED) is 0.212. The van der Waals surface area contributed by atoms with Crippen molar-refractivity contribution in [3.05, 3.63) is 131 Å². The largest absolute Gasteiger partial charge is 0.389 e. The van der Waals surface area contributed by atoms with Gasteiger partial charge in [0.2, 0.25) is 0 Å². The lowest BCUT2D eigenvalue weighted by molar-refractivity contribution is 0.0728. The van der Waals surface area contributed by atoms with E-state index in [4.69, 9.17) is 0 Å². The van der Waals surface area contributed by atoms with E-state index in [-0.39, 0.29) is 29.9 Å². The number of H-pyrrole nitrogens is 1. The fourth-order valence-electron chi connectivity index (χ4n) is 6.66. The molecule has 3 heterocycles. The molecule has 0 aliphatic carbocycles. The molecule has 2 aliphatic rings. The first-order valence-corrected chi connectivity index (χ1v) is 15.4. The molecule has 1 aromatic heterocycles. The van der Waals surface area contributed by atoms with Crippen LogP contribution in [0.5, 0.6) is 0 Å². The second kappa shape index (κ2) is 13.0. The topological polar surface area (TPSA) is 97.5 Å². The summed E-state index contributed by atoms with van der Waals surface area (Å²) >= 11 is 0. The molecule has 0 radical (unpaired) electrons. The third-order valence-corrected chi connectivity index (χ3v) is 8.92. The smallest absolute Gasteiger partial charge is 0.254 e. The highest BCUT2D eigenvalue weighted by molar-refractivity contribution is 6.00. The molecule has 5 atom stereocenters. The Balaban J connectivity index is 1.18. The first-order valence-electron chi connectivity index (χ1n) is 15.4.